The van der Waals surface area contributed by atoms with Crippen molar-refractivity contribution in [3.8, 4) is 6.07 Å². The molecule has 0 spiro atoms. The maximum absolute atomic E-state index is 10.3. The minimum atomic E-state index is -0.624. The van der Waals surface area contributed by atoms with Gasteiger partial charge in [-0.05, 0) is 28.1 Å². The fraction of sp³-hybridized carbons (Fsp3) is 0. The summed E-state index contributed by atoms with van der Waals surface area (Å²) in [6, 6.07) is 7.79. The number of rotatable bonds is 1. The molecule has 0 aliphatic rings. The first-order valence-electron chi connectivity index (χ1n) is 2.83. The van der Waals surface area contributed by atoms with Gasteiger partial charge >= 0.3 is 0 Å². The number of nitro benzene ring substituents is 1. The largest absolute Gasteiger partial charge is 0.293 e. The van der Waals surface area contributed by atoms with E-state index in [1.165, 1.54) is 6.07 Å². The molecule has 0 fully saturated rings. The van der Waals surface area contributed by atoms with Gasteiger partial charge in [0.25, 0.3) is 5.69 Å². The predicted octanol–water partition coefficient (Wildman–Crippen LogP) is 1.83. The van der Waals surface area contributed by atoms with Crippen molar-refractivity contribution in [1.29, 1.82) is 5.26 Å². The van der Waals surface area contributed by atoms with Crippen LogP contribution in [-0.4, -0.2) is 4.92 Å². The lowest BCUT2D eigenvalue weighted by atomic mass is 10.2. The van der Waals surface area contributed by atoms with E-state index >= 15 is 0 Å². The first-order valence-corrected chi connectivity index (χ1v) is 3.62. The molecule has 0 bridgehead atoms. The Balaban J connectivity index is 3.35. The summed E-state index contributed by atoms with van der Waals surface area (Å²) in [4.78, 5) is 9.68. The smallest absolute Gasteiger partial charge is 0.258 e. The van der Waals surface area contributed by atoms with Gasteiger partial charge in [-0.25, -0.2) is 0 Å². The van der Waals surface area contributed by atoms with Crippen LogP contribution in [-0.2, 0) is 0 Å². The zero-order valence-electron chi connectivity index (χ0n) is 5.67. The number of nitriles is 1. The van der Waals surface area contributed by atoms with E-state index in [2.05, 4.69) is 28.1 Å². The summed E-state index contributed by atoms with van der Waals surface area (Å²) in [5.41, 5.74) is -0.0884. The molecule has 1 rings (SSSR count). The summed E-state index contributed by atoms with van der Waals surface area (Å²) in [7, 11) is 0. The molecule has 0 saturated heterocycles. The highest BCUT2D eigenvalue weighted by Gasteiger charge is 2.14. The number of hydrogen-bond donors (Lipinski definition) is 0. The van der Waals surface area contributed by atoms with Gasteiger partial charge in [0.05, 0.1) is 16.6 Å². The van der Waals surface area contributed by atoms with Gasteiger partial charge in [-0.3, -0.25) is 10.1 Å². The summed E-state index contributed by atoms with van der Waals surface area (Å²) in [6.45, 7) is 0. The minimum Gasteiger partial charge on any atom is -0.258 e. The van der Waals surface area contributed by atoms with Crippen LogP contribution in [0.15, 0.2) is 10.5 Å². The second-order valence-corrected chi connectivity index (χ2v) is 2.65. The average Bonchev–Trinajstić information content (AvgIpc) is 2.04. The second-order valence-electron chi connectivity index (χ2n) is 1.86. The highest BCUT2D eigenvalue weighted by atomic mass is 79.9. The van der Waals surface area contributed by atoms with Crippen LogP contribution < -0.4 is 0 Å². The minimum absolute atomic E-state index is 0.147. The van der Waals surface area contributed by atoms with Crippen LogP contribution in [0.1, 0.15) is 5.56 Å². The maximum atomic E-state index is 10.3. The van der Waals surface area contributed by atoms with Crippen LogP contribution in [0.3, 0.4) is 0 Å². The van der Waals surface area contributed by atoms with Crippen LogP contribution in [0.2, 0.25) is 0 Å². The van der Waals surface area contributed by atoms with E-state index in [-0.39, 0.29) is 15.7 Å². The van der Waals surface area contributed by atoms with Crippen molar-refractivity contribution < 1.29 is 4.92 Å². The highest BCUT2D eigenvalue weighted by Crippen LogP contribution is 2.26. The third kappa shape index (κ3) is 1.43. The Morgan fingerprint density at radius 1 is 1.75 bits per heavy atom. The van der Waals surface area contributed by atoms with E-state index in [9.17, 15) is 10.1 Å². The number of hydrogen-bond acceptors (Lipinski definition) is 3. The van der Waals surface area contributed by atoms with Crippen molar-refractivity contribution in [3.05, 3.63) is 38.3 Å². The normalized spacial score (nSPS) is 9.00. The van der Waals surface area contributed by atoms with Crippen molar-refractivity contribution in [2.75, 3.05) is 0 Å². The van der Waals surface area contributed by atoms with Crippen LogP contribution in [0, 0.1) is 33.6 Å². The van der Waals surface area contributed by atoms with Gasteiger partial charge in [0.1, 0.15) is 10.5 Å². The molecule has 58 valence electrons. The molecule has 0 atom stereocenters. The van der Waals surface area contributed by atoms with Crippen LogP contribution >= 0.6 is 15.9 Å². The highest BCUT2D eigenvalue weighted by molar-refractivity contribution is 9.10. The Hall–Kier alpha value is -1.41. The second kappa shape index (κ2) is 3.32. The lowest BCUT2D eigenvalue weighted by Crippen LogP contribution is -1.91. The molecule has 0 unspecified atom stereocenters. The van der Waals surface area contributed by atoms with Crippen molar-refractivity contribution in [2.24, 2.45) is 0 Å². The van der Waals surface area contributed by atoms with E-state index in [1.807, 2.05) is 0 Å². The summed E-state index contributed by atoms with van der Waals surface area (Å²) in [6.07, 6.45) is 0. The molecule has 0 N–H and O–H groups in total. The Kier molecular flexibility index (Phi) is 2.41. The summed E-state index contributed by atoms with van der Waals surface area (Å²) < 4.78 is 0.147. The SMILES string of the molecule is N#Cc1c[c][c]c([N+](=O)[O-])c1Br. The quantitative estimate of drug-likeness (QED) is 0.540. The van der Waals surface area contributed by atoms with Gasteiger partial charge in [-0.15, -0.1) is 0 Å². The van der Waals surface area contributed by atoms with Crippen molar-refractivity contribution in [2.45, 2.75) is 0 Å². The Morgan fingerprint density at radius 2 is 2.42 bits per heavy atom. The van der Waals surface area contributed by atoms with Gasteiger partial charge < -0.3 is 0 Å². The summed E-state index contributed by atoms with van der Waals surface area (Å²) in [5.74, 6) is 0. The van der Waals surface area contributed by atoms with Crippen molar-refractivity contribution in [1.82, 2.24) is 0 Å². The zero-order chi connectivity index (χ0) is 9.14. The lowest BCUT2D eigenvalue weighted by molar-refractivity contribution is -0.386. The lowest BCUT2D eigenvalue weighted by Gasteiger charge is -1.94. The molecule has 1 aromatic carbocycles. The molecular weight excluding hydrogens is 224 g/mol. The molecule has 2 radical (unpaired) electrons. The topological polar surface area (TPSA) is 66.9 Å². The Bertz CT molecular complexity index is 370. The zero-order valence-corrected chi connectivity index (χ0v) is 7.25. The fourth-order valence-electron chi connectivity index (χ4n) is 0.630. The third-order valence-electron chi connectivity index (χ3n) is 1.15. The molecule has 4 nitrogen and oxygen atoms in total. The molecule has 0 aliphatic carbocycles. The molecule has 0 aliphatic heterocycles. The monoisotopic (exact) mass is 224 g/mol. The molecule has 0 heterocycles. The average molecular weight is 225 g/mol. The number of halogens is 1. The van der Waals surface area contributed by atoms with Gasteiger partial charge in [0.15, 0.2) is 0 Å². The summed E-state index contributed by atoms with van der Waals surface area (Å²) in [5, 5.41) is 18.8. The molecule has 5 heteroatoms. The molecule has 0 amide bonds. The maximum Gasteiger partial charge on any atom is 0.293 e. The number of benzene rings is 1. The van der Waals surface area contributed by atoms with E-state index in [4.69, 9.17) is 5.26 Å². The molecule has 1 aromatic rings. The van der Waals surface area contributed by atoms with E-state index in [0.29, 0.717) is 0 Å². The van der Waals surface area contributed by atoms with E-state index < -0.39 is 4.92 Å². The van der Waals surface area contributed by atoms with E-state index in [1.54, 1.807) is 6.07 Å². The fourth-order valence-corrected chi connectivity index (χ4v) is 1.08. The standard InChI is InChI=1S/C7HBrN2O2/c8-7-5(4-9)2-1-3-6(7)10(11)12/h2H. The molecule has 0 saturated carbocycles. The van der Waals surface area contributed by atoms with Crippen LogP contribution in [0.25, 0.3) is 0 Å². The van der Waals surface area contributed by atoms with Crippen molar-refractivity contribution >= 4 is 21.6 Å². The molecule has 0 aromatic heterocycles. The molecule has 12 heavy (non-hydrogen) atoms. The first kappa shape index (κ1) is 8.68. The van der Waals surface area contributed by atoms with Crippen molar-refractivity contribution in [3.63, 3.8) is 0 Å². The Morgan fingerprint density at radius 3 is 2.92 bits per heavy atom. The molecular formula is C7HBrN2O2. The Labute approximate surface area is 76.7 Å². The van der Waals surface area contributed by atoms with Gasteiger partial charge in [-0.2, -0.15) is 5.26 Å². The van der Waals surface area contributed by atoms with Gasteiger partial charge in [0.2, 0.25) is 0 Å². The number of nitro groups is 1. The first-order chi connectivity index (χ1) is 5.66. The summed E-state index contributed by atoms with van der Waals surface area (Å²) >= 11 is 2.93. The van der Waals surface area contributed by atoms with Gasteiger partial charge in [0, 0.05) is 0 Å². The van der Waals surface area contributed by atoms with Gasteiger partial charge in [-0.1, -0.05) is 0 Å². The number of nitrogens with zero attached hydrogens (tertiary/aromatic N) is 2. The van der Waals surface area contributed by atoms with E-state index in [0.717, 1.165) is 0 Å². The predicted molar refractivity (Wildman–Crippen MR) is 43.2 cm³/mol. The third-order valence-corrected chi connectivity index (χ3v) is 1.96. The van der Waals surface area contributed by atoms with Crippen LogP contribution in [0.4, 0.5) is 5.69 Å². The van der Waals surface area contributed by atoms with Crippen LogP contribution in [0.5, 0.6) is 0 Å².